The van der Waals surface area contributed by atoms with Gasteiger partial charge >= 0.3 is 0 Å². The van der Waals surface area contributed by atoms with Gasteiger partial charge in [-0.2, -0.15) is 0 Å². The Morgan fingerprint density at radius 3 is 2.80 bits per heavy atom. The molecule has 1 aromatic rings. The van der Waals surface area contributed by atoms with Crippen LogP contribution >= 0.6 is 0 Å². The second kappa shape index (κ2) is 4.57. The molecule has 0 amide bonds. The predicted octanol–water partition coefficient (Wildman–Crippen LogP) is 1.36. The van der Waals surface area contributed by atoms with E-state index in [9.17, 15) is 4.79 Å². The van der Waals surface area contributed by atoms with Crippen LogP contribution in [0.3, 0.4) is 0 Å². The second-order valence-corrected chi connectivity index (χ2v) is 4.00. The van der Waals surface area contributed by atoms with Crippen LogP contribution in [0.1, 0.15) is 42.5 Å². The van der Waals surface area contributed by atoms with Crippen LogP contribution in [-0.4, -0.2) is 21.9 Å². The van der Waals surface area contributed by atoms with Gasteiger partial charge in [-0.25, -0.2) is 4.98 Å². The molecule has 1 aliphatic heterocycles. The number of carbonyl (C=O) groups excluding carboxylic acids is 1. The van der Waals surface area contributed by atoms with Crippen LogP contribution in [0.5, 0.6) is 0 Å². The molecule has 0 unspecified atom stereocenters. The van der Waals surface area contributed by atoms with Gasteiger partial charge in [0.2, 0.25) is 0 Å². The van der Waals surface area contributed by atoms with Crippen LogP contribution in [-0.2, 0) is 13.1 Å². The van der Waals surface area contributed by atoms with Gasteiger partial charge in [0.25, 0.3) is 0 Å². The van der Waals surface area contributed by atoms with Gasteiger partial charge in [0, 0.05) is 20.0 Å². The van der Waals surface area contributed by atoms with E-state index in [4.69, 9.17) is 0 Å². The topological polar surface area (TPSA) is 46.9 Å². The zero-order chi connectivity index (χ0) is 10.7. The summed E-state index contributed by atoms with van der Waals surface area (Å²) in [6.45, 7) is 4.12. The molecular weight excluding hydrogens is 190 g/mol. The molecule has 1 aromatic heterocycles. The third-order valence-corrected chi connectivity index (χ3v) is 2.45. The first-order valence-electron chi connectivity index (χ1n) is 5.55. The normalized spacial score (nSPS) is 17.4. The van der Waals surface area contributed by atoms with E-state index in [1.807, 2.05) is 4.57 Å². The molecule has 4 heteroatoms. The van der Waals surface area contributed by atoms with Crippen molar-refractivity contribution in [2.24, 2.45) is 0 Å². The predicted molar refractivity (Wildman–Crippen MR) is 57.8 cm³/mol. The smallest absolute Gasteiger partial charge is 0.177 e. The number of ketones is 1. The van der Waals surface area contributed by atoms with Gasteiger partial charge < -0.3 is 9.88 Å². The molecule has 1 saturated carbocycles. The molecule has 82 valence electrons. The summed E-state index contributed by atoms with van der Waals surface area (Å²) in [5.41, 5.74) is 0.728. The van der Waals surface area contributed by atoms with Crippen molar-refractivity contribution in [3.05, 3.63) is 17.7 Å². The summed E-state index contributed by atoms with van der Waals surface area (Å²) < 4.78 is 1.98. The maximum absolute atomic E-state index is 11.1. The fourth-order valence-corrected chi connectivity index (χ4v) is 1.48. The van der Waals surface area contributed by atoms with Gasteiger partial charge in [0.05, 0.1) is 12.7 Å². The Balaban J connectivity index is 0.000000244. The summed E-state index contributed by atoms with van der Waals surface area (Å²) in [5, 5.41) is 3.20. The van der Waals surface area contributed by atoms with E-state index >= 15 is 0 Å². The number of hydrogen-bond donors (Lipinski definition) is 1. The van der Waals surface area contributed by atoms with E-state index < -0.39 is 0 Å². The van der Waals surface area contributed by atoms with Crippen LogP contribution < -0.4 is 5.32 Å². The van der Waals surface area contributed by atoms with Gasteiger partial charge in [0.1, 0.15) is 11.5 Å². The molecular formula is C11H17N3O. The van der Waals surface area contributed by atoms with Gasteiger partial charge in [-0.1, -0.05) is 19.3 Å². The van der Waals surface area contributed by atoms with Crippen LogP contribution in [0.2, 0.25) is 0 Å². The summed E-state index contributed by atoms with van der Waals surface area (Å²) in [6.07, 6.45) is 6.16. The number of carbonyl (C=O) groups is 1. The highest BCUT2D eigenvalue weighted by Crippen LogP contribution is 2.14. The van der Waals surface area contributed by atoms with E-state index in [2.05, 4.69) is 10.3 Å². The first kappa shape index (κ1) is 10.4. The summed E-state index contributed by atoms with van der Waals surface area (Å²) in [7, 11) is 0. The lowest BCUT2D eigenvalue weighted by molar-refractivity contribution is 0.100. The van der Waals surface area contributed by atoms with E-state index in [1.54, 1.807) is 13.1 Å². The zero-order valence-electron chi connectivity index (χ0n) is 9.12. The number of nitrogens with zero attached hydrogens (tertiary/aromatic N) is 2. The van der Waals surface area contributed by atoms with E-state index in [0.717, 1.165) is 31.2 Å². The fourth-order valence-electron chi connectivity index (χ4n) is 1.48. The van der Waals surface area contributed by atoms with Crippen LogP contribution in [0.15, 0.2) is 6.20 Å². The number of imidazole rings is 1. The fraction of sp³-hybridized carbons (Fsp3) is 0.636. The number of fused-ring (bicyclic) bond motifs is 1. The molecule has 4 nitrogen and oxygen atoms in total. The Kier molecular flexibility index (Phi) is 3.16. The Morgan fingerprint density at radius 2 is 2.20 bits per heavy atom. The standard InChI is InChI=1S/C8H11N3O.C3H6/c1-6(12)7-4-10-8-5-9-2-3-11(7)8;1-2-3-1/h4,9H,2-3,5H2,1H3;1-3H2. The number of aromatic nitrogens is 2. The molecule has 2 heterocycles. The highest BCUT2D eigenvalue weighted by molar-refractivity contribution is 5.92. The average molecular weight is 207 g/mol. The summed E-state index contributed by atoms with van der Waals surface area (Å²) in [6, 6.07) is 0. The largest absolute Gasteiger partial charge is 0.323 e. The molecule has 2 aliphatic rings. The van der Waals surface area contributed by atoms with Gasteiger partial charge in [-0.3, -0.25) is 4.79 Å². The van der Waals surface area contributed by atoms with Gasteiger partial charge in [-0.15, -0.1) is 0 Å². The average Bonchev–Trinajstić information content (AvgIpc) is 3.04. The zero-order valence-corrected chi connectivity index (χ0v) is 9.12. The highest BCUT2D eigenvalue weighted by Gasteiger charge is 2.15. The van der Waals surface area contributed by atoms with Crippen molar-refractivity contribution >= 4 is 5.78 Å². The number of Topliss-reactive ketones (excluding diaryl/α,β-unsaturated/α-hetero) is 1. The lowest BCUT2D eigenvalue weighted by atomic mass is 10.3. The molecule has 1 fully saturated rings. The van der Waals surface area contributed by atoms with E-state index in [0.29, 0.717) is 0 Å². The minimum atomic E-state index is 0.0932. The lowest BCUT2D eigenvalue weighted by Gasteiger charge is -2.16. The van der Waals surface area contributed by atoms with Crippen LogP contribution in [0, 0.1) is 0 Å². The van der Waals surface area contributed by atoms with Gasteiger partial charge in [-0.05, 0) is 0 Å². The molecule has 0 saturated heterocycles. The van der Waals surface area contributed by atoms with Crippen LogP contribution in [0.25, 0.3) is 0 Å². The Bertz CT molecular complexity index is 352. The van der Waals surface area contributed by atoms with Gasteiger partial charge in [0.15, 0.2) is 5.78 Å². The Labute approximate surface area is 89.7 Å². The first-order chi connectivity index (χ1) is 7.29. The van der Waals surface area contributed by atoms with Crippen LogP contribution in [0.4, 0.5) is 0 Å². The molecule has 0 aromatic carbocycles. The van der Waals surface area contributed by atoms with E-state index in [-0.39, 0.29) is 5.78 Å². The van der Waals surface area contributed by atoms with E-state index in [1.165, 1.54) is 19.3 Å². The third-order valence-electron chi connectivity index (χ3n) is 2.45. The highest BCUT2D eigenvalue weighted by atomic mass is 16.1. The molecule has 15 heavy (non-hydrogen) atoms. The maximum atomic E-state index is 11.1. The Morgan fingerprint density at radius 1 is 1.47 bits per heavy atom. The summed E-state index contributed by atoms with van der Waals surface area (Å²) in [4.78, 5) is 15.3. The summed E-state index contributed by atoms with van der Waals surface area (Å²) in [5.74, 6) is 1.06. The monoisotopic (exact) mass is 207 g/mol. The van der Waals surface area contributed by atoms with Crippen molar-refractivity contribution in [2.75, 3.05) is 6.54 Å². The van der Waals surface area contributed by atoms with Crippen molar-refractivity contribution < 1.29 is 4.79 Å². The quantitative estimate of drug-likeness (QED) is 0.707. The minimum absolute atomic E-state index is 0.0932. The number of hydrogen-bond acceptors (Lipinski definition) is 3. The molecule has 0 spiro atoms. The number of nitrogens with one attached hydrogen (secondary N) is 1. The summed E-state index contributed by atoms with van der Waals surface area (Å²) >= 11 is 0. The maximum Gasteiger partial charge on any atom is 0.177 e. The second-order valence-electron chi connectivity index (χ2n) is 4.00. The van der Waals surface area contributed by atoms with Crippen molar-refractivity contribution in [2.45, 2.75) is 39.3 Å². The SMILES string of the molecule is C1CC1.CC(=O)c1cnc2n1CCNC2. The van der Waals surface area contributed by atoms with Crippen molar-refractivity contribution in [1.29, 1.82) is 0 Å². The molecule has 3 rings (SSSR count). The van der Waals surface area contributed by atoms with Crippen molar-refractivity contribution in [3.8, 4) is 0 Å². The Hall–Kier alpha value is -1.16. The third kappa shape index (κ3) is 2.65. The number of rotatable bonds is 1. The minimum Gasteiger partial charge on any atom is -0.323 e. The molecule has 0 atom stereocenters. The molecule has 0 bridgehead atoms. The van der Waals surface area contributed by atoms with Crippen molar-refractivity contribution in [1.82, 2.24) is 14.9 Å². The lowest BCUT2D eigenvalue weighted by Crippen LogP contribution is -2.29. The molecule has 1 aliphatic carbocycles. The molecule has 0 radical (unpaired) electrons. The molecule has 1 N–H and O–H groups in total. The first-order valence-corrected chi connectivity index (χ1v) is 5.55. The van der Waals surface area contributed by atoms with Crippen molar-refractivity contribution in [3.63, 3.8) is 0 Å².